The second kappa shape index (κ2) is 4.09. The molecule has 1 saturated heterocycles. The topological polar surface area (TPSA) is 37.4 Å². The van der Waals surface area contributed by atoms with Gasteiger partial charge in [0.2, 0.25) is 11.8 Å². The van der Waals surface area contributed by atoms with Gasteiger partial charge in [0, 0.05) is 0 Å². The Balaban J connectivity index is 1.52. The number of nitrogens with zero attached hydrogens (tertiary/aromatic N) is 1. The lowest BCUT2D eigenvalue weighted by molar-refractivity contribution is -0.142. The molecule has 5 aliphatic rings. The summed E-state index contributed by atoms with van der Waals surface area (Å²) in [5.41, 5.74) is 1.04. The fourth-order valence-electron chi connectivity index (χ4n) is 5.24. The number of benzene rings is 1. The van der Waals surface area contributed by atoms with Crippen molar-refractivity contribution >= 4 is 11.8 Å². The van der Waals surface area contributed by atoms with Gasteiger partial charge in [-0.3, -0.25) is 14.5 Å². The Kier molecular flexibility index (Phi) is 2.35. The Bertz CT molecular complexity index is 659. The van der Waals surface area contributed by atoms with Gasteiger partial charge in [-0.1, -0.05) is 42.5 Å². The largest absolute Gasteiger partial charge is 0.275 e. The van der Waals surface area contributed by atoms with E-state index >= 15 is 0 Å². The zero-order valence-corrected chi connectivity index (χ0v) is 12.6. The highest BCUT2D eigenvalue weighted by atomic mass is 16.2. The second-order valence-electron chi connectivity index (χ2n) is 7.29. The summed E-state index contributed by atoms with van der Waals surface area (Å²) in [4.78, 5) is 27.5. The van der Waals surface area contributed by atoms with E-state index in [1.807, 2.05) is 37.3 Å². The normalized spacial score (nSPS) is 42.3. The number of amides is 2. The Morgan fingerprint density at radius 3 is 2.05 bits per heavy atom. The van der Waals surface area contributed by atoms with Crippen molar-refractivity contribution in [3.05, 3.63) is 48.0 Å². The van der Waals surface area contributed by atoms with Crippen LogP contribution < -0.4 is 0 Å². The molecule has 7 atom stereocenters. The van der Waals surface area contributed by atoms with Crippen LogP contribution in [0.15, 0.2) is 42.5 Å². The Morgan fingerprint density at radius 2 is 1.50 bits per heavy atom. The molecule has 0 radical (unpaired) electrons. The van der Waals surface area contributed by atoms with E-state index in [9.17, 15) is 9.59 Å². The maximum absolute atomic E-state index is 13.0. The molecule has 1 heterocycles. The maximum atomic E-state index is 13.0. The maximum Gasteiger partial charge on any atom is 0.234 e. The van der Waals surface area contributed by atoms with Gasteiger partial charge < -0.3 is 0 Å². The van der Waals surface area contributed by atoms with E-state index in [0.717, 1.165) is 5.56 Å². The monoisotopic (exact) mass is 293 g/mol. The standard InChI is InChI=1S/C19H19NO2/c1-10(11-5-3-2-4-6-11)20-18(21)16-12-7-8-13(15-9-14(12)15)17(16)19(20)22/h2-8,10,12-17H,9H2,1H3/t10-,12-,13-,14-,15-,16+,17+/m1/s1. The molecule has 0 aromatic heterocycles. The molecule has 4 aliphatic carbocycles. The first-order chi connectivity index (χ1) is 10.7. The molecule has 3 nitrogen and oxygen atoms in total. The lowest BCUT2D eigenvalue weighted by atomic mass is 9.63. The summed E-state index contributed by atoms with van der Waals surface area (Å²) in [5.74, 6) is 1.91. The van der Waals surface area contributed by atoms with E-state index in [1.54, 1.807) is 4.90 Å². The van der Waals surface area contributed by atoms with E-state index in [-0.39, 0.29) is 29.7 Å². The van der Waals surface area contributed by atoms with Gasteiger partial charge in [0.1, 0.15) is 0 Å². The average Bonchev–Trinajstić information content (AvgIpc) is 3.32. The van der Waals surface area contributed by atoms with Crippen molar-refractivity contribution in [1.29, 1.82) is 0 Å². The molecule has 2 bridgehead atoms. The van der Waals surface area contributed by atoms with E-state index < -0.39 is 0 Å². The van der Waals surface area contributed by atoms with Gasteiger partial charge in [-0.25, -0.2) is 0 Å². The van der Waals surface area contributed by atoms with Crippen molar-refractivity contribution in [3.8, 4) is 0 Å². The van der Waals surface area contributed by atoms with Crippen LogP contribution in [0, 0.1) is 35.5 Å². The van der Waals surface area contributed by atoms with Crippen LogP contribution in [0.1, 0.15) is 24.9 Å². The minimum atomic E-state index is -0.164. The molecule has 3 fully saturated rings. The molecule has 1 aliphatic heterocycles. The first-order valence-corrected chi connectivity index (χ1v) is 8.28. The predicted molar refractivity (Wildman–Crippen MR) is 81.4 cm³/mol. The van der Waals surface area contributed by atoms with E-state index in [4.69, 9.17) is 0 Å². The summed E-state index contributed by atoms with van der Waals surface area (Å²) in [6, 6.07) is 9.72. The zero-order chi connectivity index (χ0) is 15.0. The van der Waals surface area contributed by atoms with Crippen molar-refractivity contribution in [2.75, 3.05) is 0 Å². The number of imide groups is 1. The quantitative estimate of drug-likeness (QED) is 0.621. The van der Waals surface area contributed by atoms with Crippen molar-refractivity contribution in [1.82, 2.24) is 4.90 Å². The summed E-state index contributed by atoms with van der Waals surface area (Å²) in [6.07, 6.45) is 5.66. The highest BCUT2D eigenvalue weighted by molar-refractivity contribution is 6.06. The van der Waals surface area contributed by atoms with E-state index in [2.05, 4.69) is 12.2 Å². The minimum Gasteiger partial charge on any atom is -0.275 e. The Morgan fingerprint density at radius 1 is 0.955 bits per heavy atom. The van der Waals surface area contributed by atoms with E-state index in [1.165, 1.54) is 6.42 Å². The molecule has 22 heavy (non-hydrogen) atoms. The third-order valence-corrected chi connectivity index (χ3v) is 6.37. The Hall–Kier alpha value is -1.90. The van der Waals surface area contributed by atoms with Crippen LogP contribution in [-0.2, 0) is 9.59 Å². The molecule has 6 rings (SSSR count). The van der Waals surface area contributed by atoms with Crippen LogP contribution >= 0.6 is 0 Å². The lowest BCUT2D eigenvalue weighted by Gasteiger charge is -2.37. The third-order valence-electron chi connectivity index (χ3n) is 6.37. The third kappa shape index (κ3) is 1.42. The Labute approximate surface area is 130 Å². The molecule has 3 heteroatoms. The van der Waals surface area contributed by atoms with Crippen LogP contribution in [0.4, 0.5) is 0 Å². The number of allylic oxidation sites excluding steroid dienone is 2. The first kappa shape index (κ1) is 12.6. The van der Waals surface area contributed by atoms with Crippen LogP contribution in [0.2, 0.25) is 0 Å². The smallest absolute Gasteiger partial charge is 0.234 e. The van der Waals surface area contributed by atoms with E-state index in [0.29, 0.717) is 23.7 Å². The molecule has 1 aromatic carbocycles. The van der Waals surface area contributed by atoms with Gasteiger partial charge >= 0.3 is 0 Å². The number of carbonyl (C=O) groups is 2. The van der Waals surface area contributed by atoms with Crippen LogP contribution in [0.25, 0.3) is 0 Å². The fraction of sp³-hybridized carbons (Fsp3) is 0.474. The summed E-state index contributed by atoms with van der Waals surface area (Å²) in [7, 11) is 0. The van der Waals surface area contributed by atoms with Gasteiger partial charge in [0.15, 0.2) is 0 Å². The summed E-state index contributed by atoms with van der Waals surface area (Å²) >= 11 is 0. The highest BCUT2D eigenvalue weighted by Crippen LogP contribution is 2.65. The first-order valence-electron chi connectivity index (χ1n) is 8.28. The molecule has 2 saturated carbocycles. The SMILES string of the molecule is C[C@H](c1ccccc1)N1C(=O)[C@H]2[C@@H]3C=C[C@H]([C@H]4C[C@H]34)[C@@H]2C1=O. The molecular weight excluding hydrogens is 274 g/mol. The average molecular weight is 293 g/mol. The molecule has 0 spiro atoms. The predicted octanol–water partition coefficient (Wildman–Crippen LogP) is 2.80. The minimum absolute atomic E-state index is 0.0658. The molecule has 2 amide bonds. The fourth-order valence-corrected chi connectivity index (χ4v) is 5.24. The van der Waals surface area contributed by atoms with Crippen LogP contribution in [0.5, 0.6) is 0 Å². The van der Waals surface area contributed by atoms with Gasteiger partial charge in [-0.05, 0) is 42.6 Å². The van der Waals surface area contributed by atoms with Gasteiger partial charge in [-0.2, -0.15) is 0 Å². The lowest BCUT2D eigenvalue weighted by Crippen LogP contribution is -2.40. The molecule has 0 N–H and O–H groups in total. The molecule has 1 aromatic rings. The highest BCUT2D eigenvalue weighted by Gasteiger charge is 2.67. The van der Waals surface area contributed by atoms with Gasteiger partial charge in [-0.15, -0.1) is 0 Å². The summed E-state index contributed by atoms with van der Waals surface area (Å²) in [5, 5.41) is 0. The number of hydrogen-bond donors (Lipinski definition) is 0. The zero-order valence-electron chi connectivity index (χ0n) is 12.6. The van der Waals surface area contributed by atoms with Crippen molar-refractivity contribution in [3.63, 3.8) is 0 Å². The number of rotatable bonds is 2. The summed E-state index contributed by atoms with van der Waals surface area (Å²) in [6.45, 7) is 1.97. The second-order valence-corrected chi connectivity index (χ2v) is 7.29. The van der Waals surface area contributed by atoms with Crippen molar-refractivity contribution in [2.24, 2.45) is 35.5 Å². The molecule has 0 unspecified atom stereocenters. The van der Waals surface area contributed by atoms with Crippen molar-refractivity contribution < 1.29 is 9.59 Å². The number of carbonyl (C=O) groups excluding carboxylic acids is 2. The molecular formula is C19H19NO2. The number of likely N-dealkylation sites (tertiary alicyclic amines) is 1. The van der Waals surface area contributed by atoms with Gasteiger partial charge in [0.05, 0.1) is 17.9 Å². The number of hydrogen-bond acceptors (Lipinski definition) is 2. The van der Waals surface area contributed by atoms with Gasteiger partial charge in [0.25, 0.3) is 0 Å². The summed E-state index contributed by atoms with van der Waals surface area (Å²) < 4.78 is 0. The van der Waals surface area contributed by atoms with Crippen LogP contribution in [0.3, 0.4) is 0 Å². The van der Waals surface area contributed by atoms with Crippen LogP contribution in [-0.4, -0.2) is 16.7 Å². The van der Waals surface area contributed by atoms with Crippen molar-refractivity contribution in [2.45, 2.75) is 19.4 Å². The molecule has 112 valence electrons.